The largest absolute Gasteiger partial charge is 0.497 e. The van der Waals surface area contributed by atoms with Crippen LogP contribution >= 0.6 is 0 Å². The second-order valence-electron chi connectivity index (χ2n) is 14.8. The molecule has 1 saturated heterocycles. The van der Waals surface area contributed by atoms with Crippen molar-refractivity contribution in [3.63, 3.8) is 0 Å². The van der Waals surface area contributed by atoms with E-state index in [0.717, 1.165) is 36.4 Å². The normalized spacial score (nSPS) is 16.5. The minimum atomic E-state index is -5.21. The molecule has 5 aromatic rings. The number of ketones is 2. The number of hydrogen-bond acceptors (Lipinski definition) is 22. The molecule has 8 rings (SSSR count). The molecule has 30 heteroatoms. The number of aromatic nitrogens is 3. The number of hydrogen-bond donors (Lipinski definition) is 8. The standard InChI is InChI=1S/C40H34N10O16S4/c1-65-25-8-10-28(30(19-25)68(56,57)58)47-49-34-31(69(59,60)61)17-21-15-24(7-9-27(21)36(34)51)41-38-43-39(45-40(44-38)50-11-13-66-14-12-50)42-29-20-26(67(53,54)55)16-22-18-32(70(62,63)64)35(37(52)33(22)29)48-46-23-5-3-2-4-6-23/h2-10,15-20,46-47H,11-14H2,1H3,(H,53,54,55)(H,56,57,58)(H,59,60,61)(H,62,63,64)(H2,41,42,43,44,45). The van der Waals surface area contributed by atoms with Crippen LogP contribution in [0.3, 0.4) is 0 Å². The van der Waals surface area contributed by atoms with Crippen molar-refractivity contribution < 1.29 is 70.9 Å². The van der Waals surface area contributed by atoms with Gasteiger partial charge in [0.25, 0.3) is 40.5 Å². The SMILES string of the molecule is COc1ccc(NN=C2C(=O)c3ccc(Nc4nc(Nc5cc(S(=O)(=O)O)cc6c5C(=O)C(=NNc5ccccc5)C(S(=O)(=O)O)=C6)nc(N5CCOCC5)n4)cc3C=C2S(=O)(=O)O)c(S(=O)(=O)O)c1. The molecule has 8 N–H and O–H groups in total. The van der Waals surface area contributed by atoms with Crippen molar-refractivity contribution in [1.82, 2.24) is 15.0 Å². The van der Waals surface area contributed by atoms with E-state index in [0.29, 0.717) is 5.69 Å². The van der Waals surface area contributed by atoms with Gasteiger partial charge in [-0.1, -0.05) is 18.2 Å². The molecule has 2 heterocycles. The molecule has 70 heavy (non-hydrogen) atoms. The number of hydrazone groups is 2. The minimum Gasteiger partial charge on any atom is -0.497 e. The van der Waals surface area contributed by atoms with Gasteiger partial charge in [-0.25, -0.2) is 0 Å². The summed E-state index contributed by atoms with van der Waals surface area (Å²) in [7, 11) is -19.1. The molecule has 0 atom stereocenters. The monoisotopic (exact) mass is 1040 g/mol. The summed E-state index contributed by atoms with van der Waals surface area (Å²) in [5, 5.41) is 13.4. The Balaban J connectivity index is 1.18. The van der Waals surface area contributed by atoms with Crippen molar-refractivity contribution in [2.24, 2.45) is 10.2 Å². The maximum Gasteiger partial charge on any atom is 0.296 e. The van der Waals surface area contributed by atoms with E-state index in [9.17, 15) is 61.5 Å². The van der Waals surface area contributed by atoms with Crippen molar-refractivity contribution in [3.05, 3.63) is 111 Å². The van der Waals surface area contributed by atoms with Crippen LogP contribution in [-0.4, -0.2) is 123 Å². The van der Waals surface area contributed by atoms with Crippen molar-refractivity contribution in [2.75, 3.05) is 59.8 Å². The van der Waals surface area contributed by atoms with E-state index >= 15 is 0 Å². The van der Waals surface area contributed by atoms with Crippen LogP contribution in [0.2, 0.25) is 0 Å². The number of carbonyl (C=O) groups excluding carboxylic acids is 2. The zero-order valence-electron chi connectivity index (χ0n) is 35.5. The number of para-hydroxylation sites is 1. The molecule has 2 aliphatic carbocycles. The van der Waals surface area contributed by atoms with Gasteiger partial charge in [0.05, 0.1) is 47.8 Å². The maximum absolute atomic E-state index is 14.3. The van der Waals surface area contributed by atoms with Crippen LogP contribution < -0.4 is 31.1 Å². The van der Waals surface area contributed by atoms with E-state index in [-0.39, 0.29) is 83.7 Å². The van der Waals surface area contributed by atoms with Gasteiger partial charge in [0.2, 0.25) is 29.4 Å². The topological polar surface area (TPSA) is 385 Å². The number of carbonyl (C=O) groups is 2. The Labute approximate surface area is 396 Å². The van der Waals surface area contributed by atoms with Gasteiger partial charge < -0.3 is 25.0 Å². The molecule has 364 valence electrons. The quantitative estimate of drug-likeness (QED) is 0.0583. The Hall–Kier alpha value is -7.55. The Kier molecular flexibility index (Phi) is 13.1. The Bertz CT molecular complexity index is 3620. The van der Waals surface area contributed by atoms with Crippen molar-refractivity contribution in [3.8, 4) is 5.75 Å². The van der Waals surface area contributed by atoms with Crippen molar-refractivity contribution >= 4 is 116 Å². The fraction of sp³-hybridized carbons (Fsp3) is 0.125. The average molecular weight is 1040 g/mol. The van der Waals surface area contributed by atoms with Crippen LogP contribution in [0.15, 0.2) is 109 Å². The lowest BCUT2D eigenvalue weighted by atomic mass is 9.93. The summed E-state index contributed by atoms with van der Waals surface area (Å²) in [5.74, 6) is -2.76. The highest BCUT2D eigenvalue weighted by Gasteiger charge is 2.37. The van der Waals surface area contributed by atoms with Crippen LogP contribution in [0, 0.1) is 0 Å². The number of ether oxygens (including phenoxy) is 2. The summed E-state index contributed by atoms with van der Waals surface area (Å²) < 4.78 is 151. The smallest absolute Gasteiger partial charge is 0.296 e. The number of anilines is 7. The average Bonchev–Trinajstić information content (AvgIpc) is 3.30. The highest BCUT2D eigenvalue weighted by atomic mass is 32.2. The first kappa shape index (κ1) is 48.9. The van der Waals surface area contributed by atoms with Gasteiger partial charge in [-0.05, 0) is 77.9 Å². The first-order valence-electron chi connectivity index (χ1n) is 19.8. The van der Waals surface area contributed by atoms with Crippen molar-refractivity contribution in [1.29, 1.82) is 0 Å². The molecule has 4 aromatic carbocycles. The van der Waals surface area contributed by atoms with Crippen LogP contribution in [0.4, 0.5) is 40.6 Å². The first-order valence-corrected chi connectivity index (χ1v) is 25.5. The summed E-state index contributed by atoms with van der Waals surface area (Å²) >= 11 is 0. The van der Waals surface area contributed by atoms with Gasteiger partial charge in [0.1, 0.15) is 20.5 Å². The molecule has 0 saturated carbocycles. The number of nitrogens with one attached hydrogen (secondary N) is 4. The van der Waals surface area contributed by atoms with Gasteiger partial charge in [-0.3, -0.25) is 38.7 Å². The van der Waals surface area contributed by atoms with Crippen molar-refractivity contribution in [2.45, 2.75) is 9.79 Å². The number of morpholine rings is 1. The number of allylic oxidation sites excluding steroid dienone is 2. The number of nitrogens with zero attached hydrogens (tertiary/aromatic N) is 6. The van der Waals surface area contributed by atoms with E-state index in [1.807, 2.05) is 0 Å². The van der Waals surface area contributed by atoms with Gasteiger partial charge in [0, 0.05) is 30.4 Å². The number of rotatable bonds is 14. The number of methoxy groups -OCH3 is 1. The van der Waals surface area contributed by atoms with E-state index in [4.69, 9.17) is 9.47 Å². The van der Waals surface area contributed by atoms with Crippen LogP contribution in [0.25, 0.3) is 12.2 Å². The molecular weight excluding hydrogens is 1000 g/mol. The summed E-state index contributed by atoms with van der Waals surface area (Å²) in [6, 6.07) is 16.9. The molecule has 3 aliphatic rings. The molecule has 0 spiro atoms. The highest BCUT2D eigenvalue weighted by Crippen LogP contribution is 2.36. The molecule has 0 amide bonds. The third-order valence-electron chi connectivity index (χ3n) is 10.2. The molecule has 1 aromatic heterocycles. The van der Waals surface area contributed by atoms with Gasteiger partial charge >= 0.3 is 0 Å². The minimum absolute atomic E-state index is 0.00126. The van der Waals surface area contributed by atoms with Crippen LogP contribution in [0.1, 0.15) is 31.8 Å². The molecule has 26 nitrogen and oxygen atoms in total. The van der Waals surface area contributed by atoms with Gasteiger partial charge in [-0.2, -0.15) is 58.8 Å². The van der Waals surface area contributed by atoms with Crippen LogP contribution in [-0.2, 0) is 45.2 Å². The number of benzene rings is 4. The summed E-state index contributed by atoms with van der Waals surface area (Å²) in [4.78, 5) is 39.5. The summed E-state index contributed by atoms with van der Waals surface area (Å²) in [5.41, 5.74) is 1.80. The zero-order chi connectivity index (χ0) is 50.3. The molecule has 1 fully saturated rings. The lowest BCUT2D eigenvalue weighted by Crippen LogP contribution is -2.37. The number of Topliss-reactive ketones (excluding diaryl/α,β-unsaturated/α-hetero) is 2. The zero-order valence-corrected chi connectivity index (χ0v) is 38.8. The van der Waals surface area contributed by atoms with Gasteiger partial charge in [-0.15, -0.1) is 0 Å². The summed E-state index contributed by atoms with van der Waals surface area (Å²) in [6.07, 6.45) is 1.69. The number of fused-ring (bicyclic) bond motifs is 2. The molecule has 0 radical (unpaired) electrons. The Morgan fingerprint density at radius 1 is 0.629 bits per heavy atom. The fourth-order valence-electron chi connectivity index (χ4n) is 7.03. The maximum atomic E-state index is 14.3. The predicted molar refractivity (Wildman–Crippen MR) is 251 cm³/mol. The fourth-order valence-corrected chi connectivity index (χ4v) is 9.54. The third-order valence-corrected chi connectivity index (χ3v) is 13.7. The van der Waals surface area contributed by atoms with Crippen LogP contribution in [0.5, 0.6) is 5.75 Å². The second-order valence-corrected chi connectivity index (χ2v) is 20.4. The van der Waals surface area contributed by atoms with E-state index in [1.54, 1.807) is 35.2 Å². The second kappa shape index (κ2) is 18.7. The predicted octanol–water partition coefficient (Wildman–Crippen LogP) is 3.48. The van der Waals surface area contributed by atoms with Gasteiger partial charge in [0.15, 0.2) is 11.4 Å². The Morgan fingerprint density at radius 3 is 1.89 bits per heavy atom. The first-order chi connectivity index (χ1) is 33.0. The van der Waals surface area contributed by atoms with E-state index in [1.165, 1.54) is 31.4 Å². The third kappa shape index (κ3) is 10.5. The highest BCUT2D eigenvalue weighted by molar-refractivity contribution is 7.91. The Morgan fingerprint density at radius 2 is 1.26 bits per heavy atom. The lowest BCUT2D eigenvalue weighted by Gasteiger charge is -2.27. The van der Waals surface area contributed by atoms with E-state index in [2.05, 4.69) is 46.6 Å². The molecule has 1 aliphatic heterocycles. The molecular formula is C40H34N10O16S4. The lowest BCUT2D eigenvalue weighted by molar-refractivity contribution is 0.105. The van der Waals surface area contributed by atoms with E-state index < -0.39 is 88.6 Å². The molecule has 0 bridgehead atoms. The molecule has 0 unspecified atom stereocenters. The summed E-state index contributed by atoms with van der Waals surface area (Å²) in [6.45, 7) is 1.04.